The van der Waals surface area contributed by atoms with Crippen LogP contribution in [0.1, 0.15) is 162 Å². The molecule has 15 amide bonds. The number of amides is 15. The molecule has 728 valence electrons. The number of nitrogens with zero attached hydrogens (tertiary/aromatic N) is 15. The van der Waals surface area contributed by atoms with E-state index in [4.69, 9.17) is 86.9 Å². The number of urea groups is 5. The number of aromatic nitrogens is 10. The van der Waals surface area contributed by atoms with E-state index in [1.165, 1.54) is 41.5 Å². The van der Waals surface area contributed by atoms with E-state index in [1.54, 1.807) is 167 Å². The van der Waals surface area contributed by atoms with Gasteiger partial charge in [-0.05, 0) is 150 Å². The predicted octanol–water partition coefficient (Wildman–Crippen LogP) is 14.3. The quantitative estimate of drug-likeness (QED) is 0.0210. The first-order valence-corrected chi connectivity index (χ1v) is 46.2. The van der Waals surface area contributed by atoms with Gasteiger partial charge in [0.1, 0.15) is 0 Å². The number of hydrogen-bond donors (Lipinski definition) is 10. The highest BCUT2D eigenvalue weighted by atomic mass is 35.5. The zero-order chi connectivity index (χ0) is 97.7. The summed E-state index contributed by atoms with van der Waals surface area (Å²) in [6.45, 7) is 11.1. The summed E-state index contributed by atoms with van der Waals surface area (Å²) in [4.78, 5) is 161. The Kier molecular flexibility index (Phi) is 35.3. The van der Waals surface area contributed by atoms with Crippen LogP contribution in [0.2, 0.25) is 25.1 Å². The minimum atomic E-state index is -0.384. The van der Waals surface area contributed by atoms with Gasteiger partial charge < -0.3 is 55.8 Å². The zero-order valence-electron chi connectivity index (χ0n) is 76.9. The fourth-order valence-corrected chi connectivity index (χ4v) is 16.2. The molecule has 2 aliphatic carbocycles. The minimum absolute atomic E-state index is 0.101. The number of hydrogen-bond acceptors (Lipinski definition) is 21. The topological polar surface area (TPSA) is 462 Å². The number of carbonyl (C=O) groups excluding carboxylic acids is 10. The molecule has 46 heteroatoms. The number of benzene rings is 5. The number of anilines is 5. The largest absolute Gasteiger partial charge is 0.382 e. The van der Waals surface area contributed by atoms with E-state index in [1.807, 2.05) is 20.8 Å². The molecule has 2 fully saturated rings. The van der Waals surface area contributed by atoms with Crippen molar-refractivity contribution in [2.45, 2.75) is 130 Å². The van der Waals surface area contributed by atoms with Gasteiger partial charge in [-0.3, -0.25) is 73.7 Å². The normalized spacial score (nSPS) is 14.4. The number of carbonyl (C=O) groups is 10. The summed E-state index contributed by atoms with van der Waals surface area (Å²) < 4.78 is 4.91. The highest BCUT2D eigenvalue weighted by Crippen LogP contribution is 2.34. The second kappa shape index (κ2) is 47.7. The third-order valence-electron chi connectivity index (χ3n) is 23.1. The molecule has 5 aliphatic heterocycles. The Balaban J connectivity index is 0.000000145. The van der Waals surface area contributed by atoms with E-state index in [0.29, 0.717) is 181 Å². The molecule has 0 bridgehead atoms. The molecule has 0 saturated heterocycles. The number of aromatic amines is 5. The molecular formula is C91H108Cl5N25O16. The van der Waals surface area contributed by atoms with Gasteiger partial charge in [-0.2, -0.15) is 25.5 Å². The molecule has 5 aromatic heterocycles. The lowest BCUT2D eigenvalue weighted by Crippen LogP contribution is -2.40. The van der Waals surface area contributed by atoms with E-state index >= 15 is 0 Å². The van der Waals surface area contributed by atoms with Crippen LogP contribution in [0.5, 0.6) is 0 Å². The van der Waals surface area contributed by atoms with Crippen molar-refractivity contribution in [2.24, 2.45) is 5.92 Å². The van der Waals surface area contributed by atoms with E-state index < -0.39 is 0 Å². The molecule has 10 heterocycles. The third-order valence-corrected chi connectivity index (χ3v) is 24.3. The maximum atomic E-state index is 12.7. The van der Waals surface area contributed by atoms with Crippen molar-refractivity contribution < 1.29 is 76.9 Å². The van der Waals surface area contributed by atoms with Crippen LogP contribution in [-0.2, 0) is 93.8 Å². The minimum Gasteiger partial charge on any atom is -0.382 e. The van der Waals surface area contributed by atoms with Gasteiger partial charge in [-0.15, -0.1) is 0 Å². The van der Waals surface area contributed by atoms with Crippen molar-refractivity contribution >= 4 is 146 Å². The van der Waals surface area contributed by atoms with Crippen LogP contribution < -0.4 is 26.6 Å². The maximum Gasteiger partial charge on any atom is 0.322 e. The molecule has 0 atom stereocenters. The number of fused-ring (bicyclic) bond motifs is 5. The van der Waals surface area contributed by atoms with Gasteiger partial charge in [0.05, 0.1) is 78.9 Å². The van der Waals surface area contributed by atoms with Crippen LogP contribution in [-0.4, -0.2) is 274 Å². The number of nitrogens with one attached hydrogen (secondary N) is 10. The number of H-pyrrole nitrogens is 5. The molecule has 5 aromatic carbocycles. The lowest BCUT2D eigenvalue weighted by Gasteiger charge is -2.30. The SMILES string of the molecule is CCN(OC)C(=O)c1n[nH]c2c1CN(C(=O)Nc1cccc(Cl)c1)CC2.CN(OC1CCC1)C(=O)c1n[nH]c2c1CN(C(=O)Nc1cccc(Cl)c1)CC2.CN(OCC1CC1)C(=O)c1n[nH]c2c1CN(C(=O)Nc1cccc(Cl)c1)CC2.COCCON(C)C(=O)c1n[nH]c2c1CN(C(=O)Nc1cccc(Cl)c1)CC2.CON(C(=O)c1n[nH]c2c1CN(C(=O)Nc1cccc(Cl)c1)CC2)C(C)C. The van der Waals surface area contributed by atoms with Gasteiger partial charge in [0.15, 0.2) is 28.5 Å². The van der Waals surface area contributed by atoms with Crippen LogP contribution in [0.3, 0.4) is 0 Å². The van der Waals surface area contributed by atoms with Crippen molar-refractivity contribution in [3.63, 3.8) is 0 Å². The van der Waals surface area contributed by atoms with E-state index in [-0.39, 0.29) is 109 Å². The van der Waals surface area contributed by atoms with E-state index in [2.05, 4.69) is 77.6 Å². The van der Waals surface area contributed by atoms with Crippen LogP contribution in [0.15, 0.2) is 121 Å². The van der Waals surface area contributed by atoms with Gasteiger partial charge in [-0.1, -0.05) is 88.3 Å². The Morgan fingerprint density at radius 2 is 0.686 bits per heavy atom. The van der Waals surface area contributed by atoms with E-state index in [0.717, 1.165) is 87.9 Å². The maximum absolute atomic E-state index is 12.7. The number of halogens is 5. The van der Waals surface area contributed by atoms with Crippen molar-refractivity contribution in [3.05, 3.63) is 231 Å². The van der Waals surface area contributed by atoms with Gasteiger partial charge in [0.2, 0.25) is 0 Å². The highest BCUT2D eigenvalue weighted by Gasteiger charge is 2.38. The van der Waals surface area contributed by atoms with Crippen LogP contribution in [0.25, 0.3) is 0 Å². The number of rotatable bonds is 23. The molecule has 7 aliphatic rings. The van der Waals surface area contributed by atoms with Crippen molar-refractivity contribution in [1.29, 1.82) is 0 Å². The van der Waals surface area contributed by atoms with Crippen LogP contribution >= 0.6 is 58.0 Å². The van der Waals surface area contributed by atoms with Gasteiger partial charge in [0, 0.05) is 209 Å². The first-order chi connectivity index (χ1) is 65.9. The Labute approximate surface area is 814 Å². The molecule has 17 rings (SSSR count). The molecule has 137 heavy (non-hydrogen) atoms. The van der Waals surface area contributed by atoms with Crippen molar-refractivity contribution in [1.82, 2.24) is 101 Å². The Morgan fingerprint density at radius 1 is 0.394 bits per heavy atom. The molecule has 10 N–H and O–H groups in total. The van der Waals surface area contributed by atoms with Gasteiger partial charge in [0.25, 0.3) is 29.5 Å². The summed E-state index contributed by atoms with van der Waals surface area (Å²) >= 11 is 29.8. The van der Waals surface area contributed by atoms with E-state index in [9.17, 15) is 47.9 Å². The van der Waals surface area contributed by atoms with Crippen molar-refractivity contribution in [3.8, 4) is 0 Å². The first-order valence-electron chi connectivity index (χ1n) is 44.3. The molecule has 0 spiro atoms. The zero-order valence-corrected chi connectivity index (χ0v) is 80.7. The monoisotopic (exact) mass is 1980 g/mol. The summed E-state index contributed by atoms with van der Waals surface area (Å²) in [5.41, 5.74) is 12.5. The Bertz CT molecular complexity index is 5960. The Morgan fingerprint density at radius 3 is 0.942 bits per heavy atom. The number of hydroxylamine groups is 10. The second-order valence-electron chi connectivity index (χ2n) is 32.9. The van der Waals surface area contributed by atoms with Gasteiger partial charge >= 0.3 is 30.2 Å². The highest BCUT2D eigenvalue weighted by molar-refractivity contribution is 6.32. The second-order valence-corrected chi connectivity index (χ2v) is 35.1. The average Bonchev–Trinajstić information content (AvgIpc) is 1.67. The summed E-state index contributed by atoms with van der Waals surface area (Å²) in [5, 5.41) is 58.3. The third kappa shape index (κ3) is 26.7. The fourth-order valence-electron chi connectivity index (χ4n) is 15.2. The lowest BCUT2D eigenvalue weighted by molar-refractivity contribution is -0.170. The van der Waals surface area contributed by atoms with Crippen molar-refractivity contribution in [2.75, 3.05) is 128 Å². The standard InChI is InChI=1S/2C19H22ClN5O3.C18H22ClN5O4.C18H22ClN5O3.C17H20ClN5O3/c1-24(28-14-6-3-7-14)18(26)17-15-11-25(9-8-16(15)22-23-17)19(27)21-13-5-2-4-12(20)10-13;1-24(28-11-12-5-6-12)18(26)17-15-10-25(8-7-16(15)22-23-17)19(27)21-14-4-2-3-13(20)9-14;1-23(28-9-8-27-2)17(25)16-14-11-24(7-6-15(14)21-22-16)18(26)20-13-5-3-4-12(19)10-13;1-11(2)24(27-3)17(25)16-14-10-23(8-7-15(14)21-22-16)18(26)20-13-6-4-5-12(19)9-13;1-3-23(26-2)16(24)15-13-10-22(8-7-14(13)20-21-15)17(25)19-12-6-4-5-11(18)9-12/h2,4-5,10,14H,3,6-9,11H2,1H3,(H,21,27)(H,22,23);2-4,9,12H,5-8,10-11H2,1H3,(H,21,27)(H,22,23);3-5,10H,6-9,11H2,1-2H3,(H,20,26)(H,21,22);4-6,9,11H,7-8,10H2,1-3H3,(H,20,26)(H,21,22);4-6,9H,3,7-8,10H2,1-2H3,(H,19,25)(H,20,21). The molecule has 0 radical (unpaired) electrons. The lowest BCUT2D eigenvalue weighted by atomic mass is 9.97. The van der Waals surface area contributed by atoms with Gasteiger partial charge in [-0.25, -0.2) is 49.3 Å². The van der Waals surface area contributed by atoms with Crippen LogP contribution in [0, 0.1) is 5.92 Å². The molecule has 41 nitrogen and oxygen atoms in total. The summed E-state index contributed by atoms with van der Waals surface area (Å²) in [5.74, 6) is -1.11. The predicted molar refractivity (Wildman–Crippen MR) is 509 cm³/mol. The average molecular weight is 1990 g/mol. The molecular weight excluding hydrogens is 1880 g/mol. The number of ether oxygens (including phenoxy) is 1. The fraction of sp³-hybridized carbons (Fsp3) is 0.396. The molecule has 2 saturated carbocycles. The smallest absolute Gasteiger partial charge is 0.322 e. The number of methoxy groups -OCH3 is 1. The summed E-state index contributed by atoms with van der Waals surface area (Å²) in [6, 6.07) is 33.4. The summed E-state index contributed by atoms with van der Waals surface area (Å²) in [6.07, 6.45) is 8.42. The van der Waals surface area contributed by atoms with Crippen LogP contribution in [0.4, 0.5) is 52.4 Å². The molecule has 10 aromatic rings. The first kappa shape index (κ1) is 101. The summed E-state index contributed by atoms with van der Waals surface area (Å²) in [7, 11) is 9.16. The molecule has 0 unspecified atom stereocenters. The Hall–Kier alpha value is -12.9.